The number of amides is 1. The third kappa shape index (κ3) is 4.67. The van der Waals surface area contributed by atoms with E-state index in [-0.39, 0.29) is 11.7 Å². The number of thioether (sulfide) groups is 1. The van der Waals surface area contributed by atoms with Crippen LogP contribution in [0.3, 0.4) is 0 Å². The number of nitrogens with zero attached hydrogens (tertiary/aromatic N) is 4. The van der Waals surface area contributed by atoms with E-state index in [0.29, 0.717) is 10.7 Å². The number of aromatic nitrogens is 1. The van der Waals surface area contributed by atoms with Crippen molar-refractivity contribution in [3.8, 4) is 0 Å². The Morgan fingerprint density at radius 3 is 2.68 bits per heavy atom. The fourth-order valence-electron chi connectivity index (χ4n) is 5.07. The molecule has 1 N–H and O–H groups in total. The number of carbonyl (C=O) groups excluding carboxylic acids is 1. The summed E-state index contributed by atoms with van der Waals surface area (Å²) in [4.78, 5) is 17.1. The average Bonchev–Trinajstić information content (AvgIpc) is 3.37. The lowest BCUT2D eigenvalue weighted by Crippen LogP contribution is -2.35. The van der Waals surface area contributed by atoms with Crippen molar-refractivity contribution in [1.82, 2.24) is 9.58 Å². The number of aryl methyl sites for hydroxylation is 1. The second-order valence-electron chi connectivity index (χ2n) is 9.45. The summed E-state index contributed by atoms with van der Waals surface area (Å²) in [6, 6.07) is 12.4. The Labute approximate surface area is 205 Å². The van der Waals surface area contributed by atoms with Crippen LogP contribution in [-0.4, -0.2) is 31.5 Å². The molecule has 3 heterocycles. The zero-order valence-electron chi connectivity index (χ0n) is 19.9. The molecule has 6 nitrogen and oxygen atoms in total. The Kier molecular flexibility index (Phi) is 6.55. The molecule has 5 rings (SSSR count). The van der Waals surface area contributed by atoms with Crippen LogP contribution in [0.1, 0.15) is 67.5 Å². The molecule has 0 spiro atoms. The summed E-state index contributed by atoms with van der Waals surface area (Å²) in [7, 11) is 0. The number of fused-ring (bicyclic) bond motifs is 1. The molecule has 0 atom stereocenters. The molecule has 0 bridgehead atoms. The van der Waals surface area contributed by atoms with Gasteiger partial charge >= 0.3 is 0 Å². The molecule has 1 amide bonds. The van der Waals surface area contributed by atoms with Gasteiger partial charge < -0.3 is 4.57 Å². The Bertz CT molecular complexity index is 1200. The lowest BCUT2D eigenvalue weighted by atomic mass is 9.86. The number of aliphatic imine (C=N–C) groups is 1. The topological polar surface area (TPSA) is 73.8 Å². The SMILES string of the molecule is Cc1cc(/C=C2/C(=N)N3N=C(CCC4CCCCC4)SC3=NC2=O)c(C)n1Cc1ccccc1. The van der Waals surface area contributed by atoms with Crippen LogP contribution in [-0.2, 0) is 11.3 Å². The van der Waals surface area contributed by atoms with Gasteiger partial charge in [0, 0.05) is 17.9 Å². The van der Waals surface area contributed by atoms with E-state index in [1.54, 1.807) is 6.08 Å². The highest BCUT2D eigenvalue weighted by Gasteiger charge is 2.35. The largest absolute Gasteiger partial charge is 0.344 e. The van der Waals surface area contributed by atoms with Crippen LogP contribution in [0.2, 0.25) is 0 Å². The number of benzene rings is 1. The van der Waals surface area contributed by atoms with Crippen molar-refractivity contribution >= 4 is 39.8 Å². The maximum absolute atomic E-state index is 12.9. The molecule has 1 aromatic carbocycles. The monoisotopic (exact) mass is 473 g/mol. The van der Waals surface area contributed by atoms with E-state index in [4.69, 9.17) is 5.41 Å². The van der Waals surface area contributed by atoms with Crippen molar-refractivity contribution in [3.63, 3.8) is 0 Å². The second kappa shape index (κ2) is 9.74. The summed E-state index contributed by atoms with van der Waals surface area (Å²) in [6.07, 6.45) is 10.5. The molecule has 0 radical (unpaired) electrons. The molecule has 3 aliphatic rings. The molecule has 34 heavy (non-hydrogen) atoms. The molecule has 1 aromatic heterocycles. The van der Waals surface area contributed by atoms with Crippen LogP contribution >= 0.6 is 11.8 Å². The van der Waals surface area contributed by atoms with E-state index in [1.807, 2.05) is 18.2 Å². The van der Waals surface area contributed by atoms with E-state index in [2.05, 4.69) is 46.7 Å². The van der Waals surface area contributed by atoms with Crippen LogP contribution in [0.4, 0.5) is 0 Å². The zero-order chi connectivity index (χ0) is 23.7. The molecule has 7 heteroatoms. The van der Waals surface area contributed by atoms with Crippen molar-refractivity contribution in [1.29, 1.82) is 5.41 Å². The van der Waals surface area contributed by atoms with Gasteiger partial charge in [0.2, 0.25) is 5.17 Å². The van der Waals surface area contributed by atoms with Gasteiger partial charge in [-0.3, -0.25) is 10.2 Å². The molecule has 2 aromatic rings. The quantitative estimate of drug-likeness (QED) is 0.513. The third-order valence-electron chi connectivity index (χ3n) is 7.08. The third-order valence-corrected chi connectivity index (χ3v) is 8.05. The van der Waals surface area contributed by atoms with Crippen molar-refractivity contribution in [2.24, 2.45) is 16.0 Å². The maximum Gasteiger partial charge on any atom is 0.283 e. The van der Waals surface area contributed by atoms with Crippen LogP contribution in [0.25, 0.3) is 6.08 Å². The number of carbonyl (C=O) groups is 1. The molecular weight excluding hydrogens is 442 g/mol. The van der Waals surface area contributed by atoms with Crippen LogP contribution in [0.5, 0.6) is 0 Å². The molecular formula is C27H31N5OS. The standard InChI is InChI=1S/C27H31N5OS/c1-18-15-22(19(2)31(18)17-21-11-7-4-8-12-21)16-23-25(28)32-27(29-26(23)33)34-24(30-32)14-13-20-9-5-3-6-10-20/h4,7-8,11-12,15-16,20,28H,3,5-6,9-10,13-14,17H2,1-2H3/b23-16-,28-25?. The predicted molar refractivity (Wildman–Crippen MR) is 140 cm³/mol. The molecule has 1 saturated carbocycles. The van der Waals surface area contributed by atoms with Crippen molar-refractivity contribution in [3.05, 3.63) is 64.5 Å². The summed E-state index contributed by atoms with van der Waals surface area (Å²) < 4.78 is 2.24. The maximum atomic E-state index is 12.9. The highest BCUT2D eigenvalue weighted by atomic mass is 32.2. The van der Waals surface area contributed by atoms with Crippen molar-refractivity contribution < 1.29 is 4.79 Å². The molecule has 1 fully saturated rings. The fourth-order valence-corrected chi connectivity index (χ4v) is 5.98. The van der Waals surface area contributed by atoms with Gasteiger partial charge in [-0.15, -0.1) is 0 Å². The van der Waals surface area contributed by atoms with E-state index >= 15 is 0 Å². The number of rotatable bonds is 6. The Balaban J connectivity index is 1.34. The first kappa shape index (κ1) is 22.8. The fraction of sp³-hybridized carbons (Fsp3) is 0.407. The molecule has 1 aliphatic carbocycles. The first-order valence-corrected chi connectivity index (χ1v) is 13.0. The summed E-state index contributed by atoms with van der Waals surface area (Å²) >= 11 is 1.44. The number of hydrogen-bond acceptors (Lipinski definition) is 4. The van der Waals surface area contributed by atoms with E-state index in [1.165, 1.54) is 54.4 Å². The predicted octanol–water partition coefficient (Wildman–Crippen LogP) is 6.13. The zero-order valence-corrected chi connectivity index (χ0v) is 20.7. The molecule has 0 saturated heterocycles. The summed E-state index contributed by atoms with van der Waals surface area (Å²) in [5.74, 6) is 0.530. The number of nitrogens with one attached hydrogen (secondary N) is 1. The smallest absolute Gasteiger partial charge is 0.283 e. The molecule has 176 valence electrons. The van der Waals surface area contributed by atoms with Gasteiger partial charge in [0.05, 0.1) is 5.57 Å². The van der Waals surface area contributed by atoms with Crippen LogP contribution < -0.4 is 0 Å². The van der Waals surface area contributed by atoms with Gasteiger partial charge in [-0.05, 0) is 67.6 Å². The summed E-state index contributed by atoms with van der Waals surface area (Å²) in [5.41, 5.74) is 4.64. The first-order chi connectivity index (χ1) is 16.5. The van der Waals surface area contributed by atoms with Gasteiger partial charge in [0.1, 0.15) is 5.04 Å². The highest BCUT2D eigenvalue weighted by molar-refractivity contribution is 8.26. The van der Waals surface area contributed by atoms with E-state index in [9.17, 15) is 4.79 Å². The van der Waals surface area contributed by atoms with Crippen molar-refractivity contribution in [2.75, 3.05) is 0 Å². The minimum Gasteiger partial charge on any atom is -0.344 e. The number of amidine groups is 2. The van der Waals surface area contributed by atoms with Gasteiger partial charge in [-0.2, -0.15) is 15.1 Å². The highest BCUT2D eigenvalue weighted by Crippen LogP contribution is 2.33. The lowest BCUT2D eigenvalue weighted by Gasteiger charge is -2.20. The minimum absolute atomic E-state index is 0.114. The van der Waals surface area contributed by atoms with Gasteiger partial charge in [0.15, 0.2) is 5.84 Å². The number of hydrazone groups is 1. The van der Waals surface area contributed by atoms with Crippen molar-refractivity contribution in [2.45, 2.75) is 65.3 Å². The Hall–Kier alpha value is -2.93. The average molecular weight is 474 g/mol. The summed E-state index contributed by atoms with van der Waals surface area (Å²) in [5, 5.41) is 16.4. The van der Waals surface area contributed by atoms with Gasteiger partial charge in [-0.25, -0.2) is 0 Å². The van der Waals surface area contributed by atoms with Crippen LogP contribution in [0.15, 0.2) is 52.1 Å². The van der Waals surface area contributed by atoms with E-state index in [0.717, 1.165) is 47.3 Å². The molecule has 0 unspecified atom stereocenters. The summed E-state index contributed by atoms with van der Waals surface area (Å²) in [6.45, 7) is 4.90. The Morgan fingerprint density at radius 1 is 1.15 bits per heavy atom. The number of hydrogen-bond donors (Lipinski definition) is 1. The van der Waals surface area contributed by atoms with Gasteiger partial charge in [0.25, 0.3) is 5.91 Å². The van der Waals surface area contributed by atoms with E-state index < -0.39 is 0 Å². The lowest BCUT2D eigenvalue weighted by molar-refractivity contribution is -0.114. The Morgan fingerprint density at radius 2 is 1.91 bits per heavy atom. The van der Waals surface area contributed by atoms with Gasteiger partial charge in [-0.1, -0.05) is 62.4 Å². The first-order valence-electron chi connectivity index (χ1n) is 12.2. The molecule has 2 aliphatic heterocycles. The van der Waals surface area contributed by atoms with Crippen LogP contribution in [0, 0.1) is 25.2 Å². The second-order valence-corrected chi connectivity index (χ2v) is 10.5. The minimum atomic E-state index is -0.361. The normalized spacial score (nSPS) is 20.1.